The van der Waals surface area contributed by atoms with Gasteiger partial charge in [-0.25, -0.2) is 4.68 Å². The van der Waals surface area contributed by atoms with E-state index in [-0.39, 0.29) is 0 Å². The van der Waals surface area contributed by atoms with E-state index < -0.39 is 0 Å². The summed E-state index contributed by atoms with van der Waals surface area (Å²) in [6.45, 7) is 2.63. The molecule has 114 valence electrons. The lowest BCUT2D eigenvalue weighted by molar-refractivity contribution is 0.341. The van der Waals surface area contributed by atoms with Crippen molar-refractivity contribution in [3.05, 3.63) is 47.3 Å². The van der Waals surface area contributed by atoms with E-state index in [2.05, 4.69) is 10.2 Å². The van der Waals surface area contributed by atoms with Crippen molar-refractivity contribution >= 4 is 23.1 Å². The zero-order chi connectivity index (χ0) is 15.4. The maximum atomic E-state index is 6.05. The summed E-state index contributed by atoms with van der Waals surface area (Å²) in [6.07, 6.45) is 0. The van der Waals surface area contributed by atoms with Crippen molar-refractivity contribution in [2.75, 3.05) is 18.2 Å². The summed E-state index contributed by atoms with van der Waals surface area (Å²) < 4.78 is 7.29. The Kier molecular flexibility index (Phi) is 4.65. The second-order valence-corrected chi connectivity index (χ2v) is 6.63. The molecule has 0 radical (unpaired) electrons. The zero-order valence-corrected chi connectivity index (χ0v) is 13.7. The van der Waals surface area contributed by atoms with E-state index in [1.54, 1.807) is 11.3 Å². The minimum atomic E-state index is 0.594. The largest absolute Gasteiger partial charge is 0.492 e. The van der Waals surface area contributed by atoms with Crippen molar-refractivity contribution < 1.29 is 4.74 Å². The Labute approximate surface area is 137 Å². The van der Waals surface area contributed by atoms with Gasteiger partial charge in [-0.3, -0.25) is 0 Å². The highest BCUT2D eigenvalue weighted by atomic mass is 32.2. The Bertz CT molecular complexity index is 740. The van der Waals surface area contributed by atoms with Crippen LogP contribution in [0.25, 0.3) is 10.7 Å². The van der Waals surface area contributed by atoms with E-state index in [1.165, 1.54) is 16.4 Å². The average molecular weight is 332 g/mol. The molecule has 2 heterocycles. The van der Waals surface area contributed by atoms with E-state index >= 15 is 0 Å². The number of nitrogens with two attached hydrogens (primary N) is 1. The number of thioether (sulfide) groups is 1. The van der Waals surface area contributed by atoms with E-state index in [1.807, 2.05) is 48.7 Å². The molecule has 0 aliphatic heterocycles. The molecule has 0 aliphatic rings. The van der Waals surface area contributed by atoms with Gasteiger partial charge in [0.25, 0.3) is 0 Å². The highest BCUT2D eigenvalue weighted by molar-refractivity contribution is 7.99. The topological polar surface area (TPSA) is 66.0 Å². The Morgan fingerprint density at radius 3 is 2.86 bits per heavy atom. The van der Waals surface area contributed by atoms with Gasteiger partial charge in [-0.2, -0.15) is 0 Å². The van der Waals surface area contributed by atoms with Gasteiger partial charge < -0.3 is 10.6 Å². The molecule has 1 aromatic carbocycles. The van der Waals surface area contributed by atoms with Crippen LogP contribution in [0.2, 0.25) is 0 Å². The van der Waals surface area contributed by atoms with Crippen molar-refractivity contribution in [1.29, 1.82) is 0 Å². The van der Waals surface area contributed by atoms with Gasteiger partial charge in [0, 0.05) is 5.75 Å². The van der Waals surface area contributed by atoms with Crippen LogP contribution in [0, 0.1) is 6.92 Å². The molecule has 22 heavy (non-hydrogen) atoms. The summed E-state index contributed by atoms with van der Waals surface area (Å²) in [7, 11) is 0. The number of aromatic nitrogens is 3. The summed E-state index contributed by atoms with van der Waals surface area (Å²) >= 11 is 3.13. The molecule has 5 nitrogen and oxygen atoms in total. The van der Waals surface area contributed by atoms with Crippen LogP contribution in [0.5, 0.6) is 5.75 Å². The zero-order valence-electron chi connectivity index (χ0n) is 12.1. The fourth-order valence-corrected chi connectivity index (χ4v) is 3.33. The molecule has 0 unspecified atom stereocenters. The molecule has 0 spiro atoms. The number of ether oxygens (including phenoxy) is 1. The predicted molar refractivity (Wildman–Crippen MR) is 90.9 cm³/mol. The number of nitrogen functional groups attached to an aromatic ring is 1. The molecule has 3 rings (SSSR count). The highest BCUT2D eigenvalue weighted by Gasteiger charge is 2.12. The van der Waals surface area contributed by atoms with Crippen LogP contribution >= 0.6 is 23.1 Å². The van der Waals surface area contributed by atoms with E-state index in [0.29, 0.717) is 17.6 Å². The molecule has 2 N–H and O–H groups in total. The average Bonchev–Trinajstić information content (AvgIpc) is 3.15. The maximum absolute atomic E-state index is 6.05. The third-order valence-electron chi connectivity index (χ3n) is 3.07. The first-order chi connectivity index (χ1) is 10.8. The second kappa shape index (κ2) is 6.85. The normalized spacial score (nSPS) is 10.8. The molecule has 0 saturated heterocycles. The lowest BCUT2D eigenvalue weighted by Crippen LogP contribution is -2.12. The number of nitrogens with zero attached hydrogens (tertiary/aromatic N) is 3. The first-order valence-electron chi connectivity index (χ1n) is 6.81. The van der Waals surface area contributed by atoms with Crippen molar-refractivity contribution in [3.63, 3.8) is 0 Å². The molecule has 0 amide bonds. The number of para-hydroxylation sites is 1. The van der Waals surface area contributed by atoms with E-state index in [4.69, 9.17) is 10.6 Å². The molecular weight excluding hydrogens is 316 g/mol. The van der Waals surface area contributed by atoms with Crippen molar-refractivity contribution in [1.82, 2.24) is 14.9 Å². The van der Waals surface area contributed by atoms with Gasteiger partial charge in [-0.15, -0.1) is 21.5 Å². The number of benzene rings is 1. The first kappa shape index (κ1) is 14.9. The van der Waals surface area contributed by atoms with Gasteiger partial charge in [-0.05, 0) is 30.0 Å². The van der Waals surface area contributed by atoms with Crippen LogP contribution in [0.3, 0.4) is 0 Å². The Balaban J connectivity index is 1.55. The van der Waals surface area contributed by atoms with Crippen LogP contribution in [0.4, 0.5) is 0 Å². The first-order valence-corrected chi connectivity index (χ1v) is 8.68. The number of aryl methyl sites for hydroxylation is 1. The predicted octanol–water partition coefficient (Wildman–Crippen LogP) is 3.20. The third kappa shape index (κ3) is 3.26. The van der Waals surface area contributed by atoms with Crippen LogP contribution in [0.1, 0.15) is 5.56 Å². The van der Waals surface area contributed by atoms with Gasteiger partial charge in [0.05, 0.1) is 11.5 Å². The lowest BCUT2D eigenvalue weighted by Gasteiger charge is -2.08. The third-order valence-corrected chi connectivity index (χ3v) is 4.84. The maximum Gasteiger partial charge on any atom is 0.210 e. The van der Waals surface area contributed by atoms with Gasteiger partial charge in [-0.1, -0.05) is 36.0 Å². The summed E-state index contributed by atoms with van der Waals surface area (Å²) in [5, 5.41) is 11.0. The Morgan fingerprint density at radius 2 is 2.09 bits per heavy atom. The molecule has 0 fully saturated rings. The number of thiophene rings is 1. The van der Waals surface area contributed by atoms with Gasteiger partial charge in [0.2, 0.25) is 5.16 Å². The van der Waals surface area contributed by atoms with Gasteiger partial charge in [0.1, 0.15) is 5.75 Å². The van der Waals surface area contributed by atoms with Gasteiger partial charge in [0.15, 0.2) is 5.82 Å². The lowest BCUT2D eigenvalue weighted by atomic mass is 10.2. The molecule has 0 aliphatic carbocycles. The van der Waals surface area contributed by atoms with Crippen molar-refractivity contribution in [2.45, 2.75) is 12.1 Å². The molecule has 0 atom stereocenters. The summed E-state index contributed by atoms with van der Waals surface area (Å²) in [5.41, 5.74) is 1.13. The van der Waals surface area contributed by atoms with Crippen molar-refractivity contribution in [2.24, 2.45) is 0 Å². The molecule has 2 aromatic heterocycles. The summed E-state index contributed by atoms with van der Waals surface area (Å²) in [4.78, 5) is 1.01. The molecular formula is C15H16N4OS2. The van der Waals surface area contributed by atoms with Crippen LogP contribution in [-0.2, 0) is 0 Å². The fraction of sp³-hybridized carbons (Fsp3) is 0.200. The van der Waals surface area contributed by atoms with Gasteiger partial charge >= 0.3 is 0 Å². The Morgan fingerprint density at radius 1 is 1.23 bits per heavy atom. The fourth-order valence-electron chi connectivity index (χ4n) is 1.95. The number of hydrogen-bond donors (Lipinski definition) is 1. The number of hydrogen-bond acceptors (Lipinski definition) is 6. The quantitative estimate of drug-likeness (QED) is 0.426. The molecule has 7 heteroatoms. The van der Waals surface area contributed by atoms with E-state index in [0.717, 1.165) is 21.9 Å². The Hall–Kier alpha value is -1.99. The molecule has 0 bridgehead atoms. The minimum Gasteiger partial charge on any atom is -0.492 e. The van der Waals surface area contributed by atoms with Crippen LogP contribution in [-0.4, -0.2) is 27.2 Å². The highest BCUT2D eigenvalue weighted by Crippen LogP contribution is 2.25. The summed E-state index contributed by atoms with van der Waals surface area (Å²) in [5.74, 6) is 8.41. The van der Waals surface area contributed by atoms with E-state index in [9.17, 15) is 0 Å². The van der Waals surface area contributed by atoms with Crippen LogP contribution < -0.4 is 10.6 Å². The molecule has 3 aromatic rings. The monoisotopic (exact) mass is 332 g/mol. The minimum absolute atomic E-state index is 0.594. The SMILES string of the molecule is Cc1ccccc1OCCSc1nnc(-c2cccs2)n1N. The second-order valence-electron chi connectivity index (χ2n) is 4.62. The standard InChI is InChI=1S/C15H16N4OS2/c1-11-5-2-3-6-12(11)20-8-10-22-15-18-17-14(19(15)16)13-7-4-9-21-13/h2-7,9H,8,10,16H2,1H3. The molecule has 0 saturated carbocycles. The van der Waals surface area contributed by atoms with Crippen molar-refractivity contribution in [3.8, 4) is 16.5 Å². The van der Waals surface area contributed by atoms with Crippen LogP contribution in [0.15, 0.2) is 46.9 Å². The number of rotatable bonds is 6. The smallest absolute Gasteiger partial charge is 0.210 e. The summed E-state index contributed by atoms with van der Waals surface area (Å²) in [6, 6.07) is 11.9.